The number of aromatic nitrogens is 1. The predicted molar refractivity (Wildman–Crippen MR) is 107 cm³/mol. The first-order valence-corrected chi connectivity index (χ1v) is 9.61. The summed E-state index contributed by atoms with van der Waals surface area (Å²) in [5.41, 5.74) is 1.18. The molecule has 2 aromatic rings. The Labute approximate surface area is 160 Å². The van der Waals surface area contributed by atoms with E-state index in [1.807, 2.05) is 30.9 Å². The van der Waals surface area contributed by atoms with Gasteiger partial charge in [-0.2, -0.15) is 0 Å². The number of piperazine rings is 1. The first-order valence-electron chi connectivity index (χ1n) is 9.61. The number of nitrogens with zero attached hydrogens (tertiary/aromatic N) is 3. The first-order chi connectivity index (χ1) is 13.0. The van der Waals surface area contributed by atoms with Crippen molar-refractivity contribution in [3.63, 3.8) is 0 Å². The summed E-state index contributed by atoms with van der Waals surface area (Å²) in [7, 11) is 0. The molecule has 3 rings (SSSR count). The number of hydrogen-bond donors (Lipinski definition) is 2. The normalized spacial score (nSPS) is 15.3. The molecular formula is C20H29N5O2. The molecule has 0 atom stereocenters. The highest BCUT2D eigenvalue weighted by molar-refractivity contribution is 5.80. The molecule has 1 aliphatic heterocycles. The van der Waals surface area contributed by atoms with Crippen LogP contribution in [0.1, 0.15) is 13.8 Å². The Morgan fingerprint density at radius 1 is 1.07 bits per heavy atom. The van der Waals surface area contributed by atoms with Gasteiger partial charge in [0.2, 0.25) is 5.91 Å². The van der Waals surface area contributed by atoms with E-state index in [4.69, 9.17) is 0 Å². The molecule has 2 N–H and O–H groups in total. The van der Waals surface area contributed by atoms with Gasteiger partial charge >= 0.3 is 6.03 Å². The summed E-state index contributed by atoms with van der Waals surface area (Å²) < 4.78 is 2.15. The van der Waals surface area contributed by atoms with Gasteiger partial charge in [-0.25, -0.2) is 4.79 Å². The number of urea groups is 1. The molecular weight excluding hydrogens is 342 g/mol. The number of carbonyl (C=O) groups is 2. The van der Waals surface area contributed by atoms with Gasteiger partial charge in [-0.05, 0) is 31.4 Å². The number of rotatable bonds is 6. The van der Waals surface area contributed by atoms with E-state index in [0.717, 1.165) is 19.6 Å². The van der Waals surface area contributed by atoms with E-state index in [9.17, 15) is 9.59 Å². The molecule has 7 nitrogen and oxygen atoms in total. The molecule has 1 aromatic heterocycles. The van der Waals surface area contributed by atoms with E-state index < -0.39 is 0 Å². The van der Waals surface area contributed by atoms with Crippen molar-refractivity contribution in [1.82, 2.24) is 25.0 Å². The Balaban J connectivity index is 1.39. The average molecular weight is 371 g/mol. The van der Waals surface area contributed by atoms with Crippen LogP contribution < -0.4 is 10.6 Å². The number of fused-ring (bicyclic) bond motifs is 1. The van der Waals surface area contributed by atoms with Crippen molar-refractivity contribution in [2.45, 2.75) is 26.4 Å². The molecule has 3 amide bonds. The fourth-order valence-electron chi connectivity index (χ4n) is 3.41. The van der Waals surface area contributed by atoms with E-state index >= 15 is 0 Å². The molecule has 7 heteroatoms. The molecule has 0 bridgehead atoms. The van der Waals surface area contributed by atoms with E-state index in [1.54, 1.807) is 0 Å². The van der Waals surface area contributed by atoms with Crippen LogP contribution in [0, 0.1) is 0 Å². The van der Waals surface area contributed by atoms with E-state index in [1.165, 1.54) is 10.9 Å². The summed E-state index contributed by atoms with van der Waals surface area (Å²) >= 11 is 0. The topological polar surface area (TPSA) is 69.6 Å². The van der Waals surface area contributed by atoms with Crippen molar-refractivity contribution in [2.75, 3.05) is 39.3 Å². The first kappa shape index (κ1) is 19.2. The zero-order chi connectivity index (χ0) is 19.2. The lowest BCUT2D eigenvalue weighted by Gasteiger charge is -2.34. The number of nitrogens with one attached hydrogen (secondary N) is 2. The van der Waals surface area contributed by atoms with Crippen molar-refractivity contribution in [3.05, 3.63) is 36.5 Å². The second-order valence-electron chi connectivity index (χ2n) is 7.29. The summed E-state index contributed by atoms with van der Waals surface area (Å²) in [6.07, 6.45) is 2.05. The minimum atomic E-state index is -0.0299. The summed E-state index contributed by atoms with van der Waals surface area (Å²) in [5, 5.41) is 7.12. The third-order valence-electron chi connectivity index (χ3n) is 4.79. The van der Waals surface area contributed by atoms with Crippen LogP contribution in [-0.4, -0.2) is 71.6 Å². The summed E-state index contributed by atoms with van der Waals surface area (Å²) in [4.78, 5) is 28.1. The lowest BCUT2D eigenvalue weighted by atomic mass is 10.2. The quantitative estimate of drug-likeness (QED) is 0.808. The van der Waals surface area contributed by atoms with Crippen LogP contribution in [-0.2, 0) is 11.3 Å². The molecule has 146 valence electrons. The van der Waals surface area contributed by atoms with Gasteiger partial charge in [-0.3, -0.25) is 9.69 Å². The minimum Gasteiger partial charge on any atom is -0.353 e. The maximum Gasteiger partial charge on any atom is 0.317 e. The van der Waals surface area contributed by atoms with Gasteiger partial charge in [0.05, 0.1) is 6.54 Å². The largest absolute Gasteiger partial charge is 0.353 e. The highest BCUT2D eigenvalue weighted by atomic mass is 16.2. The van der Waals surface area contributed by atoms with Gasteiger partial charge in [-0.1, -0.05) is 18.2 Å². The summed E-state index contributed by atoms with van der Waals surface area (Å²) in [5.74, 6) is 0.0434. The number of carbonyl (C=O) groups excluding carboxylic acids is 2. The van der Waals surface area contributed by atoms with Crippen LogP contribution in [0.2, 0.25) is 0 Å². The Morgan fingerprint density at radius 3 is 2.56 bits per heavy atom. The predicted octanol–water partition coefficient (Wildman–Crippen LogP) is 1.49. The number of hydrogen-bond acceptors (Lipinski definition) is 3. The Bertz CT molecular complexity index is 778. The standard InChI is InChI=1S/C20H29N5O2/c1-16(2)22-19(26)15-23-11-13-25(14-12-23)20(27)21-8-10-24-9-7-17-5-3-4-6-18(17)24/h3-7,9,16H,8,10-15H2,1-2H3,(H,21,27)(H,22,26). The van der Waals surface area contributed by atoms with Crippen molar-refractivity contribution in [3.8, 4) is 0 Å². The lowest BCUT2D eigenvalue weighted by Crippen LogP contribution is -2.54. The van der Waals surface area contributed by atoms with E-state index in [-0.39, 0.29) is 18.0 Å². The third kappa shape index (κ3) is 5.23. The highest BCUT2D eigenvalue weighted by Gasteiger charge is 2.22. The molecule has 0 radical (unpaired) electrons. The lowest BCUT2D eigenvalue weighted by molar-refractivity contribution is -0.123. The highest BCUT2D eigenvalue weighted by Crippen LogP contribution is 2.14. The third-order valence-corrected chi connectivity index (χ3v) is 4.79. The van der Waals surface area contributed by atoms with Crippen molar-refractivity contribution in [1.29, 1.82) is 0 Å². The minimum absolute atomic E-state index is 0.0299. The molecule has 27 heavy (non-hydrogen) atoms. The van der Waals surface area contributed by atoms with Crippen molar-refractivity contribution in [2.24, 2.45) is 0 Å². The SMILES string of the molecule is CC(C)NC(=O)CN1CCN(C(=O)NCCn2ccc3ccccc32)CC1. The molecule has 0 saturated carbocycles. The monoisotopic (exact) mass is 371 g/mol. The number of amides is 3. The average Bonchev–Trinajstić information content (AvgIpc) is 3.05. The second kappa shape index (κ2) is 8.90. The molecule has 1 aromatic carbocycles. The summed E-state index contributed by atoms with van der Waals surface area (Å²) in [6.45, 7) is 8.38. The van der Waals surface area contributed by atoms with Crippen LogP contribution in [0.15, 0.2) is 36.5 Å². The number of benzene rings is 1. The van der Waals surface area contributed by atoms with Crippen LogP contribution in [0.25, 0.3) is 10.9 Å². The van der Waals surface area contributed by atoms with E-state index in [2.05, 4.69) is 44.5 Å². The molecule has 0 aliphatic carbocycles. The van der Waals surface area contributed by atoms with E-state index in [0.29, 0.717) is 26.2 Å². The molecule has 1 fully saturated rings. The Kier molecular flexibility index (Phi) is 6.34. The Morgan fingerprint density at radius 2 is 1.81 bits per heavy atom. The van der Waals surface area contributed by atoms with Crippen LogP contribution >= 0.6 is 0 Å². The van der Waals surface area contributed by atoms with Gasteiger partial charge in [0, 0.05) is 57.0 Å². The van der Waals surface area contributed by atoms with Gasteiger partial charge in [0.25, 0.3) is 0 Å². The van der Waals surface area contributed by atoms with Crippen molar-refractivity contribution >= 4 is 22.8 Å². The zero-order valence-corrected chi connectivity index (χ0v) is 16.1. The maximum absolute atomic E-state index is 12.4. The molecule has 0 unspecified atom stereocenters. The fraction of sp³-hybridized carbons (Fsp3) is 0.500. The van der Waals surface area contributed by atoms with Crippen molar-refractivity contribution < 1.29 is 9.59 Å². The molecule has 1 saturated heterocycles. The molecule has 1 aliphatic rings. The Hall–Kier alpha value is -2.54. The number of para-hydroxylation sites is 1. The van der Waals surface area contributed by atoms with Gasteiger partial charge < -0.3 is 20.1 Å². The maximum atomic E-state index is 12.4. The summed E-state index contributed by atoms with van der Waals surface area (Å²) in [6, 6.07) is 10.4. The smallest absolute Gasteiger partial charge is 0.317 e. The van der Waals surface area contributed by atoms with Gasteiger partial charge in [0.1, 0.15) is 0 Å². The zero-order valence-electron chi connectivity index (χ0n) is 16.1. The molecule has 0 spiro atoms. The van der Waals surface area contributed by atoms with Crippen LogP contribution in [0.3, 0.4) is 0 Å². The van der Waals surface area contributed by atoms with Crippen LogP contribution in [0.4, 0.5) is 4.79 Å². The fourth-order valence-corrected chi connectivity index (χ4v) is 3.41. The molecule has 2 heterocycles. The van der Waals surface area contributed by atoms with Gasteiger partial charge in [0.15, 0.2) is 0 Å². The van der Waals surface area contributed by atoms with Gasteiger partial charge in [-0.15, -0.1) is 0 Å². The van der Waals surface area contributed by atoms with Crippen LogP contribution in [0.5, 0.6) is 0 Å². The second-order valence-corrected chi connectivity index (χ2v) is 7.29.